The van der Waals surface area contributed by atoms with Gasteiger partial charge in [0, 0.05) is 31.3 Å². The van der Waals surface area contributed by atoms with Crippen molar-refractivity contribution in [2.75, 3.05) is 33.0 Å². The van der Waals surface area contributed by atoms with E-state index in [1.807, 2.05) is 7.05 Å². The Morgan fingerprint density at radius 2 is 1.79 bits per heavy atom. The number of halogens is 3. The maximum Gasteiger partial charge on any atom is 0.419 e. The van der Waals surface area contributed by atoms with E-state index in [0.29, 0.717) is 35.3 Å². The van der Waals surface area contributed by atoms with Gasteiger partial charge in [0.25, 0.3) is 0 Å². The summed E-state index contributed by atoms with van der Waals surface area (Å²) in [5.41, 5.74) is 6.47. The van der Waals surface area contributed by atoms with Gasteiger partial charge in [-0.1, -0.05) is 17.9 Å². The number of ketones is 1. The molecule has 198 valence electrons. The van der Waals surface area contributed by atoms with E-state index < -0.39 is 11.7 Å². The minimum atomic E-state index is -4.61. The number of benzene rings is 2. The van der Waals surface area contributed by atoms with Crippen LogP contribution in [0, 0.1) is 11.8 Å². The zero-order valence-corrected chi connectivity index (χ0v) is 21.1. The van der Waals surface area contributed by atoms with Crippen molar-refractivity contribution in [3.05, 3.63) is 82.5 Å². The molecular formula is C29H28F3N3O3. The molecule has 0 aliphatic carbocycles. The number of ether oxygens (including phenoxy) is 2. The molecule has 2 N–H and O–H groups in total. The number of carbonyl (C=O) groups is 1. The van der Waals surface area contributed by atoms with Gasteiger partial charge < -0.3 is 20.1 Å². The number of nitrogens with zero attached hydrogens (tertiary/aromatic N) is 2. The number of likely N-dealkylation sites (tertiary alicyclic amines) is 1. The highest BCUT2D eigenvalue weighted by molar-refractivity contribution is 5.98. The van der Waals surface area contributed by atoms with Crippen LogP contribution in [0.3, 0.4) is 0 Å². The summed E-state index contributed by atoms with van der Waals surface area (Å²) in [7, 11) is 3.45. The number of pyridine rings is 1. The fourth-order valence-electron chi connectivity index (χ4n) is 4.22. The first-order chi connectivity index (χ1) is 18.1. The Labute approximate surface area is 219 Å². The van der Waals surface area contributed by atoms with E-state index in [2.05, 4.69) is 21.7 Å². The van der Waals surface area contributed by atoms with E-state index >= 15 is 0 Å². The maximum atomic E-state index is 13.9. The van der Waals surface area contributed by atoms with Crippen LogP contribution in [-0.4, -0.2) is 49.0 Å². The lowest BCUT2D eigenvalue weighted by Gasteiger charge is -2.30. The molecule has 6 nitrogen and oxygen atoms in total. The molecule has 2 heterocycles. The summed E-state index contributed by atoms with van der Waals surface area (Å²) in [4.78, 5) is 19.2. The van der Waals surface area contributed by atoms with E-state index in [-0.39, 0.29) is 35.4 Å². The first-order valence-corrected chi connectivity index (χ1v) is 12.1. The molecule has 1 aliphatic heterocycles. The van der Waals surface area contributed by atoms with E-state index in [0.717, 1.165) is 19.2 Å². The minimum Gasteiger partial charge on any atom is -0.495 e. The van der Waals surface area contributed by atoms with Crippen LogP contribution in [0.5, 0.6) is 11.5 Å². The molecule has 4 rings (SSSR count). The van der Waals surface area contributed by atoms with Crippen LogP contribution in [0.4, 0.5) is 19.0 Å². The molecule has 38 heavy (non-hydrogen) atoms. The molecule has 0 saturated carbocycles. The number of aromatic nitrogens is 1. The number of nitrogen functional groups attached to an aromatic ring is 1. The lowest BCUT2D eigenvalue weighted by molar-refractivity contribution is -0.139. The number of carbonyl (C=O) groups excluding carboxylic acids is 1. The van der Waals surface area contributed by atoms with Crippen LogP contribution in [0.15, 0.2) is 54.7 Å². The van der Waals surface area contributed by atoms with Crippen molar-refractivity contribution in [2.45, 2.75) is 31.5 Å². The highest BCUT2D eigenvalue weighted by Crippen LogP contribution is 2.38. The smallest absolute Gasteiger partial charge is 0.419 e. The lowest BCUT2D eigenvalue weighted by Crippen LogP contribution is -2.36. The monoisotopic (exact) mass is 523 g/mol. The summed E-state index contributed by atoms with van der Waals surface area (Å²) in [6, 6.07) is 12.0. The lowest BCUT2D eigenvalue weighted by atomic mass is 9.99. The maximum absolute atomic E-state index is 13.9. The van der Waals surface area contributed by atoms with Crippen molar-refractivity contribution >= 4 is 11.6 Å². The zero-order valence-electron chi connectivity index (χ0n) is 21.1. The first kappa shape index (κ1) is 27.0. The topological polar surface area (TPSA) is 77.7 Å². The number of hydrogen-bond donors (Lipinski definition) is 1. The van der Waals surface area contributed by atoms with Crippen molar-refractivity contribution in [1.82, 2.24) is 9.88 Å². The SMILES string of the molecule is COc1ccc(C(=O)Cc2ccc(OC3CCN(C)CC3)c(C(F)(F)F)c2)cc1C#Cc1cccnc1N. The Hall–Kier alpha value is -4.03. The van der Waals surface area contributed by atoms with Crippen molar-refractivity contribution in [3.8, 4) is 23.3 Å². The molecule has 1 fully saturated rings. The molecule has 9 heteroatoms. The summed E-state index contributed by atoms with van der Waals surface area (Å²) >= 11 is 0. The van der Waals surface area contributed by atoms with Crippen molar-refractivity contribution in [2.24, 2.45) is 0 Å². The van der Waals surface area contributed by atoms with Gasteiger partial charge in [0.05, 0.1) is 23.8 Å². The molecule has 2 aromatic carbocycles. The highest BCUT2D eigenvalue weighted by Gasteiger charge is 2.35. The predicted molar refractivity (Wildman–Crippen MR) is 138 cm³/mol. The van der Waals surface area contributed by atoms with Gasteiger partial charge in [-0.15, -0.1) is 0 Å². The standard InChI is InChI=1S/C29H28F3N3O3/c1-35-14-11-23(12-15-35)38-27-9-5-19(16-24(27)29(30,31)32)17-25(36)21-8-10-26(37-2)22(18-21)7-6-20-4-3-13-34-28(20)33/h3-5,8-10,13,16,18,23H,11-12,14-15,17H2,1-2H3,(H2,33,34). The van der Waals surface area contributed by atoms with Gasteiger partial charge >= 0.3 is 6.18 Å². The molecule has 0 unspecified atom stereocenters. The van der Waals surface area contributed by atoms with Gasteiger partial charge in [-0.3, -0.25) is 4.79 Å². The molecule has 0 amide bonds. The molecule has 1 saturated heterocycles. The van der Waals surface area contributed by atoms with E-state index in [1.54, 1.807) is 36.5 Å². The average molecular weight is 524 g/mol. The molecule has 0 spiro atoms. The number of anilines is 1. The second kappa shape index (κ2) is 11.6. The Bertz CT molecular complexity index is 1370. The van der Waals surface area contributed by atoms with E-state index in [1.165, 1.54) is 19.2 Å². The van der Waals surface area contributed by atoms with Crippen LogP contribution in [0.2, 0.25) is 0 Å². The van der Waals surface area contributed by atoms with Gasteiger partial charge in [-0.25, -0.2) is 4.98 Å². The quantitative estimate of drug-likeness (QED) is 0.362. The molecule has 1 aliphatic rings. The number of alkyl halides is 3. The Balaban J connectivity index is 1.55. The summed E-state index contributed by atoms with van der Waals surface area (Å²) in [5.74, 6) is 6.02. The third-order valence-corrected chi connectivity index (χ3v) is 6.37. The summed E-state index contributed by atoms with van der Waals surface area (Å²) in [6.07, 6.45) is -2.24. The second-order valence-corrected chi connectivity index (χ2v) is 9.15. The largest absolute Gasteiger partial charge is 0.495 e. The number of piperidine rings is 1. The molecule has 0 atom stereocenters. The van der Waals surface area contributed by atoms with Gasteiger partial charge in [0.1, 0.15) is 23.4 Å². The normalized spacial score (nSPS) is 14.4. The average Bonchev–Trinajstić information content (AvgIpc) is 2.89. The molecule has 0 radical (unpaired) electrons. The third kappa shape index (κ3) is 6.64. The van der Waals surface area contributed by atoms with Gasteiger partial charge in [0.15, 0.2) is 5.78 Å². The Kier molecular flexibility index (Phi) is 8.23. The van der Waals surface area contributed by atoms with Crippen LogP contribution < -0.4 is 15.2 Å². The van der Waals surface area contributed by atoms with Crippen LogP contribution in [0.1, 0.15) is 45.5 Å². The Morgan fingerprint density at radius 3 is 2.47 bits per heavy atom. The number of Topliss-reactive ketones (excluding diaryl/α,β-unsaturated/α-hetero) is 1. The van der Waals surface area contributed by atoms with E-state index in [9.17, 15) is 18.0 Å². The fraction of sp³-hybridized carbons (Fsp3) is 0.310. The van der Waals surface area contributed by atoms with Crippen molar-refractivity contribution in [3.63, 3.8) is 0 Å². The summed E-state index contributed by atoms with van der Waals surface area (Å²) in [5, 5.41) is 0. The van der Waals surface area contributed by atoms with Gasteiger partial charge in [-0.2, -0.15) is 13.2 Å². The zero-order chi connectivity index (χ0) is 27.3. The van der Waals surface area contributed by atoms with Gasteiger partial charge in [0.2, 0.25) is 0 Å². The first-order valence-electron chi connectivity index (χ1n) is 12.1. The molecular weight excluding hydrogens is 495 g/mol. The van der Waals surface area contributed by atoms with E-state index in [4.69, 9.17) is 15.2 Å². The molecule has 3 aromatic rings. The number of hydrogen-bond acceptors (Lipinski definition) is 6. The summed E-state index contributed by atoms with van der Waals surface area (Å²) < 4.78 is 52.7. The fourth-order valence-corrected chi connectivity index (χ4v) is 4.22. The molecule has 0 bridgehead atoms. The van der Waals surface area contributed by atoms with Gasteiger partial charge in [-0.05, 0) is 67.9 Å². The Morgan fingerprint density at radius 1 is 1.08 bits per heavy atom. The number of methoxy groups -OCH3 is 1. The highest BCUT2D eigenvalue weighted by atomic mass is 19.4. The van der Waals surface area contributed by atoms with Crippen LogP contribution in [0.25, 0.3) is 0 Å². The minimum absolute atomic E-state index is 0.208. The van der Waals surface area contributed by atoms with Crippen LogP contribution in [-0.2, 0) is 12.6 Å². The summed E-state index contributed by atoms with van der Waals surface area (Å²) in [6.45, 7) is 1.53. The third-order valence-electron chi connectivity index (χ3n) is 6.37. The molecule has 1 aromatic heterocycles. The number of rotatable bonds is 6. The predicted octanol–water partition coefficient (Wildman–Crippen LogP) is 4.99. The van der Waals surface area contributed by atoms with Crippen LogP contribution >= 0.6 is 0 Å². The number of nitrogens with two attached hydrogens (primary N) is 1. The van der Waals surface area contributed by atoms with Crippen molar-refractivity contribution < 1.29 is 27.4 Å². The second-order valence-electron chi connectivity index (χ2n) is 9.15. The van der Waals surface area contributed by atoms with Crippen molar-refractivity contribution in [1.29, 1.82) is 0 Å².